The molecular formula is C30H43NO8. The van der Waals surface area contributed by atoms with Gasteiger partial charge in [-0.25, -0.2) is 4.79 Å². The van der Waals surface area contributed by atoms with E-state index >= 15 is 0 Å². The first-order valence-corrected chi connectivity index (χ1v) is 13.2. The van der Waals surface area contributed by atoms with Gasteiger partial charge in [-0.1, -0.05) is 44.5 Å². The van der Waals surface area contributed by atoms with Crippen LogP contribution in [0.15, 0.2) is 51.8 Å². The first-order valence-electron chi connectivity index (χ1n) is 13.2. The molecule has 2 atom stereocenters. The van der Waals surface area contributed by atoms with Crippen molar-refractivity contribution in [3.63, 3.8) is 0 Å². The van der Waals surface area contributed by atoms with Crippen LogP contribution in [0.4, 0.5) is 0 Å². The molecule has 1 aliphatic heterocycles. The highest BCUT2D eigenvalue weighted by Gasteiger charge is 2.22. The van der Waals surface area contributed by atoms with E-state index in [9.17, 15) is 14.7 Å². The van der Waals surface area contributed by atoms with Crippen LogP contribution < -0.4 is 15.7 Å². The third kappa shape index (κ3) is 12.7. The fourth-order valence-corrected chi connectivity index (χ4v) is 3.55. The first-order chi connectivity index (χ1) is 18.6. The molecule has 0 radical (unpaired) electrons. The summed E-state index contributed by atoms with van der Waals surface area (Å²) in [7, 11) is 3.13. The minimum Gasteiger partial charge on any atom is -0.507 e. The second-order valence-corrected chi connectivity index (χ2v) is 9.48. The van der Waals surface area contributed by atoms with E-state index in [0.717, 1.165) is 31.6 Å². The van der Waals surface area contributed by atoms with Crippen molar-refractivity contribution in [1.82, 2.24) is 5.32 Å². The number of ether oxygens (including phenoxy) is 3. The average Bonchev–Trinajstić information content (AvgIpc) is 3.44. The van der Waals surface area contributed by atoms with E-state index in [4.69, 9.17) is 18.7 Å². The third-order valence-electron chi connectivity index (χ3n) is 5.83. The van der Waals surface area contributed by atoms with Crippen molar-refractivity contribution in [3.05, 3.63) is 69.9 Å². The van der Waals surface area contributed by atoms with E-state index in [1.807, 2.05) is 38.4 Å². The molecule has 2 unspecified atom stereocenters. The predicted octanol–water partition coefficient (Wildman–Crippen LogP) is 5.14. The van der Waals surface area contributed by atoms with Crippen LogP contribution >= 0.6 is 0 Å². The second kappa shape index (κ2) is 18.6. The number of Topliss-reactive ketones (excluding diaryl/α,β-unsaturated/α-hetero) is 1. The molecule has 3 rings (SSSR count). The molecule has 1 fully saturated rings. The Morgan fingerprint density at radius 2 is 1.90 bits per heavy atom. The second-order valence-electron chi connectivity index (χ2n) is 9.48. The summed E-state index contributed by atoms with van der Waals surface area (Å²) in [5.41, 5.74) is 0.242. The minimum absolute atomic E-state index is 0.0201. The smallest absolute Gasteiger partial charge is 0.350 e. The Balaban J connectivity index is 0.000000361. The van der Waals surface area contributed by atoms with Crippen LogP contribution in [0, 0.1) is 12.8 Å². The van der Waals surface area contributed by atoms with E-state index < -0.39 is 11.4 Å². The van der Waals surface area contributed by atoms with Crippen LogP contribution in [-0.4, -0.2) is 50.8 Å². The SMILES string of the molecule is CN/C=C/CCC(C)c1cc(O)c(C(=O)C(C)C)c(=O)o1.COC=O.Cc1ccc(OCC2CCCO2)cc1. The van der Waals surface area contributed by atoms with Gasteiger partial charge in [0.1, 0.15) is 29.4 Å². The quantitative estimate of drug-likeness (QED) is 0.292. The number of benzene rings is 1. The van der Waals surface area contributed by atoms with Gasteiger partial charge in [-0.3, -0.25) is 9.59 Å². The molecule has 0 saturated carbocycles. The third-order valence-corrected chi connectivity index (χ3v) is 5.83. The van der Waals surface area contributed by atoms with E-state index in [0.29, 0.717) is 24.9 Å². The molecule has 0 spiro atoms. The lowest BCUT2D eigenvalue weighted by molar-refractivity contribution is -0.126. The zero-order chi connectivity index (χ0) is 29.2. The summed E-state index contributed by atoms with van der Waals surface area (Å²) in [6, 6.07) is 9.51. The highest BCUT2D eigenvalue weighted by molar-refractivity contribution is 5.99. The number of allylic oxidation sites excluding steroid dienone is 1. The van der Waals surface area contributed by atoms with Crippen molar-refractivity contribution in [3.8, 4) is 11.5 Å². The molecule has 0 bridgehead atoms. The van der Waals surface area contributed by atoms with E-state index in [-0.39, 0.29) is 23.1 Å². The van der Waals surface area contributed by atoms with Gasteiger partial charge >= 0.3 is 5.63 Å². The van der Waals surface area contributed by atoms with Crippen molar-refractivity contribution in [2.45, 2.75) is 65.4 Å². The number of ketones is 1. The number of rotatable bonds is 11. The molecule has 1 aromatic heterocycles. The fraction of sp³-hybridized carbons (Fsp3) is 0.500. The van der Waals surface area contributed by atoms with Gasteiger partial charge in [-0.15, -0.1) is 0 Å². The summed E-state index contributed by atoms with van der Waals surface area (Å²) in [5.74, 6) is 0.249. The van der Waals surface area contributed by atoms with Gasteiger partial charge in [0.15, 0.2) is 5.78 Å². The predicted molar refractivity (Wildman–Crippen MR) is 150 cm³/mol. The summed E-state index contributed by atoms with van der Waals surface area (Å²) in [4.78, 5) is 32.7. The Bertz CT molecular complexity index is 1070. The van der Waals surface area contributed by atoms with E-state index in [1.165, 1.54) is 25.2 Å². The number of hydrogen-bond acceptors (Lipinski definition) is 9. The Kier molecular flexibility index (Phi) is 16.0. The number of hydrogen-bond donors (Lipinski definition) is 2. The first kappa shape index (κ1) is 33.4. The van der Waals surface area contributed by atoms with Crippen LogP contribution in [-0.2, 0) is 14.3 Å². The highest BCUT2D eigenvalue weighted by Crippen LogP contribution is 2.25. The van der Waals surface area contributed by atoms with Crippen LogP contribution in [0.25, 0.3) is 0 Å². The molecule has 39 heavy (non-hydrogen) atoms. The summed E-state index contributed by atoms with van der Waals surface area (Å²) in [5, 5.41) is 12.8. The number of aromatic hydroxyl groups is 1. The maximum absolute atomic E-state index is 11.9. The van der Waals surface area contributed by atoms with E-state index in [2.05, 4.69) is 29.1 Å². The summed E-state index contributed by atoms with van der Waals surface area (Å²) in [6.07, 6.45) is 8.01. The van der Waals surface area contributed by atoms with Crippen LogP contribution in [0.5, 0.6) is 11.5 Å². The van der Waals surface area contributed by atoms with Gasteiger partial charge in [-0.05, 0) is 50.9 Å². The minimum atomic E-state index is -0.763. The van der Waals surface area contributed by atoms with Crippen LogP contribution in [0.2, 0.25) is 0 Å². The Morgan fingerprint density at radius 3 is 2.41 bits per heavy atom. The maximum Gasteiger partial charge on any atom is 0.350 e. The molecule has 1 aromatic carbocycles. The molecular weight excluding hydrogens is 502 g/mol. The maximum atomic E-state index is 11.9. The Hall–Kier alpha value is -3.59. The Morgan fingerprint density at radius 1 is 1.23 bits per heavy atom. The average molecular weight is 546 g/mol. The standard InChI is InChI=1S/C16H23NO4.C12H16O2.C2H4O2/c1-10(2)15(19)14-12(18)9-13(21-16(14)20)11(3)7-5-6-8-17-4;1-10-4-6-11(7-5-10)14-9-12-3-2-8-13-12;1-4-2-3/h6,8-11,17-18H,5,7H2,1-4H3;4-7,12H,2-3,8-9H2,1H3;2H,1H3/b8-6+;;. The van der Waals surface area contributed by atoms with Crippen molar-refractivity contribution in [1.29, 1.82) is 0 Å². The fourth-order valence-electron chi connectivity index (χ4n) is 3.55. The lowest BCUT2D eigenvalue weighted by atomic mass is 9.99. The van der Waals surface area contributed by atoms with Gasteiger partial charge in [0.05, 0.1) is 13.2 Å². The molecule has 9 heteroatoms. The molecule has 9 nitrogen and oxygen atoms in total. The van der Waals surface area contributed by atoms with Gasteiger partial charge < -0.3 is 29.1 Å². The summed E-state index contributed by atoms with van der Waals surface area (Å²) < 4.78 is 20.2. The normalized spacial score (nSPS) is 15.0. The molecule has 216 valence electrons. The Labute approximate surface area is 231 Å². The van der Waals surface area contributed by atoms with Crippen molar-refractivity contribution >= 4 is 12.3 Å². The molecule has 2 N–H and O–H groups in total. The van der Waals surface area contributed by atoms with Crippen LogP contribution in [0.1, 0.15) is 74.1 Å². The van der Waals surface area contributed by atoms with Gasteiger partial charge in [-0.2, -0.15) is 0 Å². The number of nitrogens with one attached hydrogen (secondary N) is 1. The number of carbonyl (C=O) groups is 2. The summed E-state index contributed by atoms with van der Waals surface area (Å²) in [6.45, 7) is 9.28. The number of carbonyl (C=O) groups excluding carboxylic acids is 2. The zero-order valence-corrected chi connectivity index (χ0v) is 23.9. The molecule has 1 aliphatic rings. The molecule has 0 aliphatic carbocycles. The van der Waals surface area contributed by atoms with Gasteiger partial charge in [0, 0.05) is 31.6 Å². The van der Waals surface area contributed by atoms with Crippen molar-refractivity contribution < 1.29 is 33.3 Å². The number of aryl methyl sites for hydroxylation is 1. The highest BCUT2D eigenvalue weighted by atomic mass is 16.5. The molecule has 1 saturated heterocycles. The van der Waals surface area contributed by atoms with Crippen LogP contribution in [0.3, 0.4) is 0 Å². The van der Waals surface area contributed by atoms with Crippen molar-refractivity contribution in [2.75, 3.05) is 27.4 Å². The number of methoxy groups -OCH3 is 1. The molecule has 0 amide bonds. The lowest BCUT2D eigenvalue weighted by Gasteiger charge is -2.11. The van der Waals surface area contributed by atoms with Crippen molar-refractivity contribution in [2.24, 2.45) is 5.92 Å². The van der Waals surface area contributed by atoms with Gasteiger partial charge in [0.2, 0.25) is 0 Å². The topological polar surface area (TPSA) is 124 Å². The van der Waals surface area contributed by atoms with E-state index in [1.54, 1.807) is 13.8 Å². The monoisotopic (exact) mass is 545 g/mol. The largest absolute Gasteiger partial charge is 0.507 e. The summed E-state index contributed by atoms with van der Waals surface area (Å²) >= 11 is 0. The zero-order valence-electron chi connectivity index (χ0n) is 23.9. The van der Waals surface area contributed by atoms with Gasteiger partial charge in [0.25, 0.3) is 6.47 Å². The molecule has 2 aromatic rings. The lowest BCUT2D eigenvalue weighted by Crippen LogP contribution is -2.19. The molecule has 2 heterocycles.